The number of esters is 1. The van der Waals surface area contributed by atoms with Crippen molar-refractivity contribution in [1.29, 1.82) is 0 Å². The highest BCUT2D eigenvalue weighted by molar-refractivity contribution is 6.09. The molecular formula is C24H27N5O6. The van der Waals surface area contributed by atoms with Crippen molar-refractivity contribution in [1.82, 2.24) is 15.5 Å². The van der Waals surface area contributed by atoms with E-state index >= 15 is 0 Å². The minimum atomic E-state index is -1.41. The summed E-state index contributed by atoms with van der Waals surface area (Å²) in [5, 5.41) is 17.1. The van der Waals surface area contributed by atoms with Crippen LogP contribution in [0.15, 0.2) is 59.8 Å². The number of urea groups is 1. The summed E-state index contributed by atoms with van der Waals surface area (Å²) in [5.74, 6) is -1.81. The first-order valence-corrected chi connectivity index (χ1v) is 10.9. The number of hydrogen-bond donors (Lipinski definition) is 4. The minimum absolute atomic E-state index is 0.0995. The second kappa shape index (κ2) is 10.7. The fourth-order valence-electron chi connectivity index (χ4n) is 3.78. The summed E-state index contributed by atoms with van der Waals surface area (Å²) in [6.07, 6.45) is -0.103. The maximum atomic E-state index is 13.2. The van der Waals surface area contributed by atoms with E-state index in [1.165, 1.54) is 6.92 Å². The van der Waals surface area contributed by atoms with Crippen LogP contribution in [0.4, 0.5) is 4.79 Å². The maximum Gasteiger partial charge on any atom is 0.325 e. The van der Waals surface area contributed by atoms with Crippen molar-refractivity contribution in [3.05, 3.63) is 71.3 Å². The fraction of sp³-hybridized carbons (Fsp3) is 0.292. The summed E-state index contributed by atoms with van der Waals surface area (Å²) in [7, 11) is 0. The third-order valence-corrected chi connectivity index (χ3v) is 5.66. The first-order valence-electron chi connectivity index (χ1n) is 10.9. The molecule has 1 saturated heterocycles. The molecule has 35 heavy (non-hydrogen) atoms. The molecule has 2 unspecified atom stereocenters. The summed E-state index contributed by atoms with van der Waals surface area (Å²) in [6.45, 7) is 2.88. The number of nitrogens with one attached hydrogen (secondary N) is 2. The van der Waals surface area contributed by atoms with Gasteiger partial charge in [0.05, 0.1) is 19.1 Å². The predicted molar refractivity (Wildman–Crippen MR) is 125 cm³/mol. The molecule has 2 atom stereocenters. The molecule has 11 heteroatoms. The van der Waals surface area contributed by atoms with E-state index in [4.69, 9.17) is 15.7 Å². The summed E-state index contributed by atoms with van der Waals surface area (Å²) in [4.78, 5) is 51.5. The average molecular weight is 482 g/mol. The lowest BCUT2D eigenvalue weighted by Gasteiger charge is -2.23. The van der Waals surface area contributed by atoms with Gasteiger partial charge >= 0.3 is 12.0 Å². The van der Waals surface area contributed by atoms with E-state index in [0.29, 0.717) is 16.7 Å². The van der Waals surface area contributed by atoms with Gasteiger partial charge in [-0.1, -0.05) is 59.8 Å². The van der Waals surface area contributed by atoms with Crippen LogP contribution in [0, 0.1) is 0 Å². The Bertz CT molecular complexity index is 1130. The first-order chi connectivity index (χ1) is 16.7. The van der Waals surface area contributed by atoms with Crippen molar-refractivity contribution in [2.45, 2.75) is 31.8 Å². The van der Waals surface area contributed by atoms with E-state index < -0.39 is 41.9 Å². The molecule has 11 nitrogen and oxygen atoms in total. The Hall–Kier alpha value is -4.41. The molecule has 0 aliphatic carbocycles. The van der Waals surface area contributed by atoms with Crippen LogP contribution in [-0.2, 0) is 24.7 Å². The lowest BCUT2D eigenvalue weighted by molar-refractivity contribution is -0.144. The zero-order chi connectivity index (χ0) is 25.6. The topological polar surface area (TPSA) is 163 Å². The largest absolute Gasteiger partial charge is 0.466 e. The summed E-state index contributed by atoms with van der Waals surface area (Å²) >= 11 is 0. The van der Waals surface area contributed by atoms with Gasteiger partial charge in [0.1, 0.15) is 12.1 Å². The Morgan fingerprint density at radius 2 is 1.83 bits per heavy atom. The van der Waals surface area contributed by atoms with Gasteiger partial charge in [-0.05, 0) is 25.0 Å². The molecule has 3 rings (SSSR count). The van der Waals surface area contributed by atoms with E-state index in [0.717, 1.165) is 4.90 Å². The zero-order valence-corrected chi connectivity index (χ0v) is 19.4. The van der Waals surface area contributed by atoms with E-state index in [-0.39, 0.29) is 18.9 Å². The molecule has 0 aromatic heterocycles. The highest BCUT2D eigenvalue weighted by Crippen LogP contribution is 2.29. The van der Waals surface area contributed by atoms with Crippen LogP contribution in [0.2, 0.25) is 0 Å². The van der Waals surface area contributed by atoms with Crippen LogP contribution in [0.3, 0.4) is 0 Å². The normalized spacial score (nSPS) is 18.7. The number of carbonyl (C=O) groups is 4. The zero-order valence-electron chi connectivity index (χ0n) is 19.4. The summed E-state index contributed by atoms with van der Waals surface area (Å²) < 4.78 is 5.00. The van der Waals surface area contributed by atoms with Gasteiger partial charge in [-0.25, -0.2) is 4.79 Å². The third kappa shape index (κ3) is 5.57. The van der Waals surface area contributed by atoms with Crippen molar-refractivity contribution >= 4 is 29.7 Å². The molecule has 0 radical (unpaired) electrons. The van der Waals surface area contributed by atoms with Gasteiger partial charge in [-0.15, -0.1) is 0 Å². The van der Waals surface area contributed by atoms with E-state index in [1.807, 2.05) is 0 Å². The minimum Gasteiger partial charge on any atom is -0.466 e. The number of amidine groups is 1. The number of rotatable bonds is 9. The Kier molecular flexibility index (Phi) is 7.69. The van der Waals surface area contributed by atoms with Crippen molar-refractivity contribution in [3.8, 4) is 0 Å². The quantitative estimate of drug-likeness (QED) is 0.105. The maximum absolute atomic E-state index is 13.2. The molecule has 2 aromatic carbocycles. The molecule has 0 spiro atoms. The number of amides is 4. The van der Waals surface area contributed by atoms with Crippen LogP contribution >= 0.6 is 0 Å². The highest BCUT2D eigenvalue weighted by Gasteiger charge is 2.49. The van der Waals surface area contributed by atoms with Gasteiger partial charge < -0.3 is 26.3 Å². The highest BCUT2D eigenvalue weighted by atomic mass is 16.5. The predicted octanol–water partition coefficient (Wildman–Crippen LogP) is 1.36. The molecule has 184 valence electrons. The molecule has 5 N–H and O–H groups in total. The van der Waals surface area contributed by atoms with Gasteiger partial charge in [0, 0.05) is 5.56 Å². The molecule has 1 aliphatic rings. The second-order valence-corrected chi connectivity index (χ2v) is 8.05. The molecule has 4 amide bonds. The SMILES string of the molecule is CCOC(=O)CC(NC(=O)CN1C(=O)NC(C)(c2ccc(C(N)=NO)cc2)C1=O)c1ccccc1. The number of nitrogens with zero attached hydrogens (tertiary/aromatic N) is 2. The van der Waals surface area contributed by atoms with Crippen molar-refractivity contribution in [2.75, 3.05) is 13.2 Å². The number of carbonyl (C=O) groups excluding carboxylic acids is 4. The number of nitrogens with two attached hydrogens (primary N) is 1. The van der Waals surface area contributed by atoms with Gasteiger partial charge in [0.15, 0.2) is 5.84 Å². The van der Waals surface area contributed by atoms with E-state index in [9.17, 15) is 19.2 Å². The Morgan fingerprint density at radius 3 is 2.43 bits per heavy atom. The van der Waals surface area contributed by atoms with Crippen LogP contribution in [0.5, 0.6) is 0 Å². The second-order valence-electron chi connectivity index (χ2n) is 8.05. The van der Waals surface area contributed by atoms with Crippen LogP contribution in [0.1, 0.15) is 43.0 Å². The molecular weight excluding hydrogens is 454 g/mol. The molecule has 0 bridgehead atoms. The lowest BCUT2D eigenvalue weighted by Crippen LogP contribution is -2.44. The molecule has 1 heterocycles. The molecule has 1 fully saturated rings. The standard InChI is InChI=1S/C24H27N5O6/c1-3-35-20(31)13-18(15-7-5-4-6-8-15)26-19(30)14-29-22(32)24(2,27-23(29)33)17-11-9-16(10-12-17)21(25)28-34/h4-12,18,34H,3,13-14H2,1-2H3,(H2,25,28)(H,26,30)(H,27,33). The third-order valence-electron chi connectivity index (χ3n) is 5.66. The number of hydrogen-bond acceptors (Lipinski definition) is 7. The van der Waals surface area contributed by atoms with Crippen molar-refractivity contribution in [2.24, 2.45) is 10.9 Å². The summed E-state index contributed by atoms with van der Waals surface area (Å²) in [5.41, 5.74) is 5.73. The number of benzene rings is 2. The smallest absolute Gasteiger partial charge is 0.325 e. The molecule has 2 aromatic rings. The Balaban J connectivity index is 1.74. The van der Waals surface area contributed by atoms with Gasteiger partial charge in [0.25, 0.3) is 5.91 Å². The van der Waals surface area contributed by atoms with Crippen LogP contribution < -0.4 is 16.4 Å². The van der Waals surface area contributed by atoms with Crippen molar-refractivity contribution < 1.29 is 29.1 Å². The molecule has 0 saturated carbocycles. The number of imide groups is 1. The monoisotopic (exact) mass is 481 g/mol. The Labute approximate surface area is 201 Å². The van der Waals surface area contributed by atoms with E-state index in [1.54, 1.807) is 61.5 Å². The fourth-order valence-corrected chi connectivity index (χ4v) is 3.78. The van der Waals surface area contributed by atoms with E-state index in [2.05, 4.69) is 15.8 Å². The van der Waals surface area contributed by atoms with Gasteiger partial charge in [0.2, 0.25) is 5.91 Å². The van der Waals surface area contributed by atoms with Gasteiger partial charge in [-0.2, -0.15) is 0 Å². The summed E-state index contributed by atoms with van der Waals surface area (Å²) in [6, 6.07) is 13.7. The van der Waals surface area contributed by atoms with Crippen LogP contribution in [0.25, 0.3) is 0 Å². The average Bonchev–Trinajstić information content (AvgIpc) is 3.07. The first kappa shape index (κ1) is 25.2. The van der Waals surface area contributed by atoms with Crippen LogP contribution in [-0.4, -0.2) is 52.9 Å². The Morgan fingerprint density at radius 1 is 1.17 bits per heavy atom. The molecule has 1 aliphatic heterocycles. The number of ether oxygens (including phenoxy) is 1. The lowest BCUT2D eigenvalue weighted by atomic mass is 9.91. The van der Waals surface area contributed by atoms with Crippen molar-refractivity contribution in [3.63, 3.8) is 0 Å². The van der Waals surface area contributed by atoms with Gasteiger partial charge in [-0.3, -0.25) is 19.3 Å². The number of oxime groups is 1.